The number of rotatable bonds is 2. The van der Waals surface area contributed by atoms with Gasteiger partial charge in [-0.05, 0) is 6.42 Å². The molecule has 2 aliphatic rings. The van der Waals surface area contributed by atoms with Gasteiger partial charge in [0.15, 0.2) is 9.84 Å². The van der Waals surface area contributed by atoms with Gasteiger partial charge >= 0.3 is 0 Å². The smallest absolute Gasteiger partial charge is 0.244 e. The van der Waals surface area contributed by atoms with Gasteiger partial charge in [0, 0.05) is 6.04 Å². The van der Waals surface area contributed by atoms with E-state index in [1.54, 1.807) is 0 Å². The molecule has 0 spiro atoms. The van der Waals surface area contributed by atoms with Crippen molar-refractivity contribution in [2.45, 2.75) is 24.9 Å². The molecular weight excluding hydrogens is 220 g/mol. The van der Waals surface area contributed by atoms with Crippen LogP contribution in [0.2, 0.25) is 0 Å². The molecule has 0 bridgehead atoms. The highest BCUT2D eigenvalue weighted by Crippen LogP contribution is 2.13. The number of nitrogens with one attached hydrogen (secondary N) is 2. The van der Waals surface area contributed by atoms with Gasteiger partial charge in [-0.1, -0.05) is 0 Å². The Labute approximate surface area is 87.3 Å². The quantitative estimate of drug-likeness (QED) is 0.547. The normalized spacial score (nSPS) is 34.4. The van der Waals surface area contributed by atoms with Crippen molar-refractivity contribution < 1.29 is 18.0 Å². The Morgan fingerprint density at radius 1 is 1.33 bits per heavy atom. The van der Waals surface area contributed by atoms with Crippen molar-refractivity contribution >= 4 is 21.7 Å². The van der Waals surface area contributed by atoms with Crippen molar-refractivity contribution in [1.29, 1.82) is 0 Å². The Bertz CT molecular complexity index is 403. The van der Waals surface area contributed by atoms with Crippen LogP contribution in [-0.4, -0.2) is 43.8 Å². The van der Waals surface area contributed by atoms with E-state index in [9.17, 15) is 18.0 Å². The Hall–Kier alpha value is -0.950. The maximum atomic E-state index is 11.2. The number of carbonyl (C=O) groups is 2. The minimum Gasteiger partial charge on any atom is -0.302 e. The number of hydrogen-bond acceptors (Lipinski definition) is 5. The first-order valence-corrected chi connectivity index (χ1v) is 6.58. The van der Waals surface area contributed by atoms with Gasteiger partial charge in [-0.2, -0.15) is 0 Å². The third-order valence-corrected chi connectivity index (χ3v) is 4.41. The highest BCUT2D eigenvalue weighted by molar-refractivity contribution is 7.91. The molecule has 84 valence electrons. The fourth-order valence-electron chi connectivity index (χ4n) is 1.90. The van der Waals surface area contributed by atoms with E-state index in [4.69, 9.17) is 0 Å². The Balaban J connectivity index is 1.94. The lowest BCUT2D eigenvalue weighted by Crippen LogP contribution is -2.43. The van der Waals surface area contributed by atoms with Gasteiger partial charge in [0.1, 0.15) is 0 Å². The van der Waals surface area contributed by atoms with Crippen LogP contribution in [0.5, 0.6) is 0 Å². The van der Waals surface area contributed by atoms with Crippen LogP contribution in [0.4, 0.5) is 0 Å². The first-order chi connectivity index (χ1) is 6.96. The summed E-state index contributed by atoms with van der Waals surface area (Å²) < 4.78 is 22.3. The lowest BCUT2D eigenvalue weighted by atomic mass is 10.2. The van der Waals surface area contributed by atoms with Crippen molar-refractivity contribution in [2.24, 2.45) is 0 Å². The fraction of sp³-hybridized carbons (Fsp3) is 0.750. The summed E-state index contributed by atoms with van der Waals surface area (Å²) in [5.41, 5.74) is 0. The van der Waals surface area contributed by atoms with E-state index in [-0.39, 0.29) is 35.8 Å². The van der Waals surface area contributed by atoms with Crippen LogP contribution in [0, 0.1) is 0 Å². The summed E-state index contributed by atoms with van der Waals surface area (Å²) in [6, 6.07) is -0.757. The van der Waals surface area contributed by atoms with Crippen LogP contribution in [0.25, 0.3) is 0 Å². The topological polar surface area (TPSA) is 92.3 Å². The fourth-order valence-corrected chi connectivity index (χ4v) is 3.59. The van der Waals surface area contributed by atoms with E-state index in [0.717, 1.165) is 0 Å². The molecule has 0 aromatic carbocycles. The highest BCUT2D eigenvalue weighted by atomic mass is 32.2. The zero-order chi connectivity index (χ0) is 11.1. The van der Waals surface area contributed by atoms with E-state index in [2.05, 4.69) is 10.6 Å². The summed E-state index contributed by atoms with van der Waals surface area (Å²) in [6.45, 7) is 0. The van der Waals surface area contributed by atoms with Gasteiger partial charge in [-0.3, -0.25) is 14.9 Å². The molecule has 6 nitrogen and oxygen atoms in total. The van der Waals surface area contributed by atoms with Gasteiger partial charge < -0.3 is 5.32 Å². The molecule has 2 atom stereocenters. The SMILES string of the molecule is O=C1CC(NC2CCS(=O)(=O)C2)C(=O)N1. The van der Waals surface area contributed by atoms with E-state index < -0.39 is 15.9 Å². The monoisotopic (exact) mass is 232 g/mol. The van der Waals surface area contributed by atoms with Crippen molar-refractivity contribution in [1.82, 2.24) is 10.6 Å². The van der Waals surface area contributed by atoms with Gasteiger partial charge in [0.05, 0.1) is 24.0 Å². The molecule has 0 saturated carbocycles. The predicted molar refractivity (Wildman–Crippen MR) is 51.7 cm³/mol. The minimum absolute atomic E-state index is 0.0605. The lowest BCUT2D eigenvalue weighted by Gasteiger charge is -2.14. The van der Waals surface area contributed by atoms with Gasteiger partial charge in [0.25, 0.3) is 0 Å². The van der Waals surface area contributed by atoms with Crippen LogP contribution >= 0.6 is 0 Å². The minimum atomic E-state index is -2.95. The second-order valence-electron chi connectivity index (χ2n) is 3.94. The number of hydrogen-bond donors (Lipinski definition) is 2. The largest absolute Gasteiger partial charge is 0.302 e. The third-order valence-electron chi connectivity index (χ3n) is 2.64. The molecule has 0 radical (unpaired) electrons. The Morgan fingerprint density at radius 2 is 2.07 bits per heavy atom. The molecule has 15 heavy (non-hydrogen) atoms. The van der Waals surface area contributed by atoms with Crippen LogP contribution in [0.1, 0.15) is 12.8 Å². The van der Waals surface area contributed by atoms with Crippen LogP contribution in [0.15, 0.2) is 0 Å². The van der Waals surface area contributed by atoms with E-state index in [0.29, 0.717) is 6.42 Å². The summed E-state index contributed by atoms with van der Waals surface area (Å²) >= 11 is 0. The molecule has 7 heteroatoms. The highest BCUT2D eigenvalue weighted by Gasteiger charge is 2.35. The van der Waals surface area contributed by atoms with Gasteiger partial charge in [-0.25, -0.2) is 8.42 Å². The maximum absolute atomic E-state index is 11.2. The number of imide groups is 1. The summed E-state index contributed by atoms with van der Waals surface area (Å²) in [4.78, 5) is 22.1. The van der Waals surface area contributed by atoms with Crippen molar-refractivity contribution in [2.75, 3.05) is 11.5 Å². The number of sulfone groups is 1. The summed E-state index contributed by atoms with van der Waals surface area (Å²) in [5.74, 6) is -0.444. The molecule has 0 aromatic rings. The summed E-state index contributed by atoms with van der Waals surface area (Å²) in [7, 11) is -2.95. The maximum Gasteiger partial charge on any atom is 0.244 e. The molecule has 2 aliphatic heterocycles. The lowest BCUT2D eigenvalue weighted by molar-refractivity contribution is -0.125. The van der Waals surface area contributed by atoms with E-state index in [1.165, 1.54) is 0 Å². The molecule has 2 saturated heterocycles. The Morgan fingerprint density at radius 3 is 2.53 bits per heavy atom. The van der Waals surface area contributed by atoms with Gasteiger partial charge in [-0.15, -0.1) is 0 Å². The molecule has 2 rings (SSSR count). The van der Waals surface area contributed by atoms with Crippen LogP contribution < -0.4 is 10.6 Å². The molecule has 2 heterocycles. The zero-order valence-electron chi connectivity index (χ0n) is 8.02. The van der Waals surface area contributed by atoms with Gasteiger partial charge in [0.2, 0.25) is 11.8 Å². The van der Waals surface area contributed by atoms with Crippen LogP contribution in [0.3, 0.4) is 0 Å². The molecule has 2 fully saturated rings. The molecule has 2 amide bonds. The Kier molecular flexibility index (Phi) is 2.51. The zero-order valence-corrected chi connectivity index (χ0v) is 8.84. The van der Waals surface area contributed by atoms with Crippen molar-refractivity contribution in [3.05, 3.63) is 0 Å². The number of amides is 2. The molecular formula is C8H12N2O4S. The third kappa shape index (κ3) is 2.35. The van der Waals surface area contributed by atoms with Crippen LogP contribution in [-0.2, 0) is 19.4 Å². The van der Waals surface area contributed by atoms with Crippen molar-refractivity contribution in [3.63, 3.8) is 0 Å². The summed E-state index contributed by atoms with van der Waals surface area (Å²) in [6.07, 6.45) is 0.621. The summed E-state index contributed by atoms with van der Waals surface area (Å²) in [5, 5.41) is 5.07. The van der Waals surface area contributed by atoms with E-state index >= 15 is 0 Å². The number of carbonyl (C=O) groups excluding carboxylic acids is 2. The second kappa shape index (κ2) is 3.57. The standard InChI is InChI=1S/C8H12N2O4S/c11-7-3-6(8(12)10-7)9-5-1-2-15(13,14)4-5/h5-6,9H,1-4H2,(H,10,11,12). The first-order valence-electron chi connectivity index (χ1n) is 4.76. The second-order valence-corrected chi connectivity index (χ2v) is 6.16. The molecule has 2 unspecified atom stereocenters. The van der Waals surface area contributed by atoms with E-state index in [1.807, 2.05) is 0 Å². The average Bonchev–Trinajstić information content (AvgIpc) is 2.57. The molecule has 2 N–H and O–H groups in total. The molecule has 0 aromatic heterocycles. The molecule has 0 aliphatic carbocycles. The first kappa shape index (κ1) is 10.6. The van der Waals surface area contributed by atoms with Crippen molar-refractivity contribution in [3.8, 4) is 0 Å². The predicted octanol–water partition coefficient (Wildman–Crippen LogP) is -1.82. The average molecular weight is 232 g/mol.